The van der Waals surface area contributed by atoms with Crippen LogP contribution in [0.2, 0.25) is 0 Å². The molecule has 0 spiro atoms. The number of halogens is 1. The third kappa shape index (κ3) is 3.86. The van der Waals surface area contributed by atoms with E-state index < -0.39 is 0 Å². The fourth-order valence-corrected chi connectivity index (χ4v) is 3.36. The van der Waals surface area contributed by atoms with Crippen molar-refractivity contribution < 1.29 is 9.18 Å². The number of aromatic nitrogens is 2. The van der Waals surface area contributed by atoms with E-state index in [0.717, 1.165) is 5.56 Å². The zero-order valence-electron chi connectivity index (χ0n) is 15.2. The first-order valence-electron chi connectivity index (χ1n) is 8.90. The minimum absolute atomic E-state index is 0.248. The number of carbonyl (C=O) groups is 1. The van der Waals surface area contributed by atoms with Gasteiger partial charge in [0.05, 0.1) is 16.6 Å². The summed E-state index contributed by atoms with van der Waals surface area (Å²) < 4.78 is 14.6. The standard InChI is InChI=1S/C22H16FN3O2S/c23-16-9-6-14(7-10-16)13-24-20(27)15-8-11-18-19(12-15)25-22(29)26(21(18)28)17-4-2-1-3-5-17/h1-12H,13H2,(H,24,27)(H,25,29). The predicted molar refractivity (Wildman–Crippen MR) is 112 cm³/mol. The second-order valence-corrected chi connectivity index (χ2v) is 6.86. The lowest BCUT2D eigenvalue weighted by Crippen LogP contribution is -2.24. The van der Waals surface area contributed by atoms with E-state index >= 15 is 0 Å². The maximum Gasteiger partial charge on any atom is 0.266 e. The summed E-state index contributed by atoms with van der Waals surface area (Å²) in [5, 5.41) is 3.21. The highest BCUT2D eigenvalue weighted by molar-refractivity contribution is 7.71. The number of nitrogens with zero attached hydrogens (tertiary/aromatic N) is 1. The first kappa shape index (κ1) is 18.8. The van der Waals surface area contributed by atoms with Gasteiger partial charge in [0.25, 0.3) is 11.5 Å². The van der Waals surface area contributed by atoms with Crippen molar-refractivity contribution in [3.8, 4) is 5.69 Å². The van der Waals surface area contributed by atoms with Gasteiger partial charge in [-0.3, -0.25) is 14.2 Å². The molecule has 5 nitrogen and oxygen atoms in total. The molecule has 2 N–H and O–H groups in total. The van der Waals surface area contributed by atoms with Gasteiger partial charge in [0.1, 0.15) is 5.82 Å². The Morgan fingerprint density at radius 3 is 2.48 bits per heavy atom. The van der Waals surface area contributed by atoms with Crippen molar-refractivity contribution in [2.75, 3.05) is 0 Å². The van der Waals surface area contributed by atoms with E-state index in [1.54, 1.807) is 42.5 Å². The minimum Gasteiger partial charge on any atom is -0.348 e. The third-order valence-corrected chi connectivity index (χ3v) is 4.83. The van der Waals surface area contributed by atoms with Crippen LogP contribution in [-0.4, -0.2) is 15.5 Å². The lowest BCUT2D eigenvalue weighted by molar-refractivity contribution is 0.0951. The Kier molecular flexibility index (Phi) is 5.05. The van der Waals surface area contributed by atoms with Crippen LogP contribution in [0, 0.1) is 10.6 Å². The van der Waals surface area contributed by atoms with Crippen LogP contribution >= 0.6 is 12.2 Å². The molecule has 0 saturated carbocycles. The monoisotopic (exact) mass is 405 g/mol. The van der Waals surface area contributed by atoms with Crippen LogP contribution in [0.4, 0.5) is 4.39 Å². The quantitative estimate of drug-likeness (QED) is 0.502. The van der Waals surface area contributed by atoms with Crippen molar-refractivity contribution in [3.63, 3.8) is 0 Å². The molecule has 3 aromatic carbocycles. The zero-order valence-corrected chi connectivity index (χ0v) is 16.0. The van der Waals surface area contributed by atoms with Crippen molar-refractivity contribution in [1.82, 2.24) is 14.9 Å². The summed E-state index contributed by atoms with van der Waals surface area (Å²) in [7, 11) is 0. The second-order valence-electron chi connectivity index (χ2n) is 6.48. The van der Waals surface area contributed by atoms with E-state index in [4.69, 9.17) is 12.2 Å². The smallest absolute Gasteiger partial charge is 0.266 e. The molecular weight excluding hydrogens is 389 g/mol. The number of benzene rings is 3. The Labute approximate surface area is 170 Å². The highest BCUT2D eigenvalue weighted by Crippen LogP contribution is 2.13. The number of para-hydroxylation sites is 1. The fourth-order valence-electron chi connectivity index (χ4n) is 3.06. The van der Waals surface area contributed by atoms with Crippen LogP contribution in [0.3, 0.4) is 0 Å². The van der Waals surface area contributed by atoms with Gasteiger partial charge in [0.2, 0.25) is 0 Å². The lowest BCUT2D eigenvalue weighted by atomic mass is 10.1. The van der Waals surface area contributed by atoms with Gasteiger partial charge in [-0.15, -0.1) is 0 Å². The number of hydrogen-bond acceptors (Lipinski definition) is 3. The van der Waals surface area contributed by atoms with Gasteiger partial charge in [-0.05, 0) is 60.2 Å². The number of fused-ring (bicyclic) bond motifs is 1. The molecule has 0 aliphatic heterocycles. The number of hydrogen-bond donors (Lipinski definition) is 2. The molecule has 29 heavy (non-hydrogen) atoms. The normalized spacial score (nSPS) is 10.8. The highest BCUT2D eigenvalue weighted by Gasteiger charge is 2.11. The van der Waals surface area contributed by atoms with Crippen LogP contribution in [0.5, 0.6) is 0 Å². The van der Waals surface area contributed by atoms with Crippen molar-refractivity contribution in [2.24, 2.45) is 0 Å². The van der Waals surface area contributed by atoms with Crippen LogP contribution in [-0.2, 0) is 6.54 Å². The van der Waals surface area contributed by atoms with Gasteiger partial charge in [-0.1, -0.05) is 30.3 Å². The van der Waals surface area contributed by atoms with Gasteiger partial charge in [0.15, 0.2) is 4.77 Å². The molecule has 7 heteroatoms. The summed E-state index contributed by atoms with van der Waals surface area (Å²) in [4.78, 5) is 28.4. The van der Waals surface area contributed by atoms with Crippen molar-refractivity contribution in [2.45, 2.75) is 6.54 Å². The third-order valence-electron chi connectivity index (χ3n) is 4.54. The minimum atomic E-state index is -0.328. The van der Waals surface area contributed by atoms with Crippen molar-refractivity contribution in [1.29, 1.82) is 0 Å². The highest BCUT2D eigenvalue weighted by atomic mass is 32.1. The molecule has 0 unspecified atom stereocenters. The van der Waals surface area contributed by atoms with E-state index in [1.165, 1.54) is 16.7 Å². The maximum atomic E-state index is 13.0. The summed E-state index contributed by atoms with van der Waals surface area (Å²) >= 11 is 5.36. The Hall–Kier alpha value is -3.58. The van der Waals surface area contributed by atoms with E-state index in [1.807, 2.05) is 18.2 Å². The van der Waals surface area contributed by atoms with Crippen LogP contribution in [0.15, 0.2) is 77.6 Å². The summed E-state index contributed by atoms with van der Waals surface area (Å²) in [5.41, 5.74) is 2.07. The Morgan fingerprint density at radius 1 is 1.03 bits per heavy atom. The Balaban J connectivity index is 1.64. The summed E-state index contributed by atoms with van der Waals surface area (Å²) in [6.45, 7) is 0.267. The Morgan fingerprint density at radius 2 is 1.76 bits per heavy atom. The number of amides is 1. The molecule has 0 atom stereocenters. The maximum absolute atomic E-state index is 13.0. The summed E-state index contributed by atoms with van der Waals surface area (Å²) in [5.74, 6) is -0.631. The number of nitrogens with one attached hydrogen (secondary N) is 2. The molecule has 4 aromatic rings. The molecule has 1 aromatic heterocycles. The van der Waals surface area contributed by atoms with Gasteiger partial charge < -0.3 is 10.3 Å². The molecule has 144 valence electrons. The zero-order chi connectivity index (χ0) is 20.4. The van der Waals surface area contributed by atoms with Crippen molar-refractivity contribution >= 4 is 29.0 Å². The van der Waals surface area contributed by atoms with E-state index in [-0.39, 0.29) is 28.6 Å². The molecular formula is C22H16FN3O2S. The van der Waals surface area contributed by atoms with Crippen molar-refractivity contribution in [3.05, 3.63) is 105 Å². The molecule has 0 fully saturated rings. The Bertz CT molecular complexity index is 1310. The molecule has 1 amide bonds. The molecule has 1 heterocycles. The lowest BCUT2D eigenvalue weighted by Gasteiger charge is -2.10. The van der Waals surface area contributed by atoms with Gasteiger partial charge >= 0.3 is 0 Å². The first-order chi connectivity index (χ1) is 14.0. The molecule has 4 rings (SSSR count). The SMILES string of the molecule is O=C(NCc1ccc(F)cc1)c1ccc2c(=O)n(-c3ccccc3)c(=S)[nH]c2c1. The second kappa shape index (κ2) is 7.81. The van der Waals surface area contributed by atoms with E-state index in [2.05, 4.69) is 10.3 Å². The number of H-pyrrole nitrogens is 1. The van der Waals surface area contributed by atoms with Gasteiger partial charge in [-0.25, -0.2) is 4.39 Å². The number of carbonyl (C=O) groups excluding carboxylic acids is 1. The average molecular weight is 405 g/mol. The molecule has 0 aliphatic carbocycles. The van der Waals surface area contributed by atoms with E-state index in [9.17, 15) is 14.0 Å². The molecule has 0 aliphatic rings. The van der Waals surface area contributed by atoms with Crippen LogP contribution in [0.1, 0.15) is 15.9 Å². The van der Waals surface area contributed by atoms with E-state index in [0.29, 0.717) is 22.2 Å². The largest absolute Gasteiger partial charge is 0.348 e. The molecule has 0 saturated heterocycles. The van der Waals surface area contributed by atoms with Crippen LogP contribution in [0.25, 0.3) is 16.6 Å². The van der Waals surface area contributed by atoms with Crippen LogP contribution < -0.4 is 10.9 Å². The fraction of sp³-hybridized carbons (Fsp3) is 0.0455. The predicted octanol–water partition coefficient (Wildman–Crippen LogP) is 4.12. The molecule has 0 bridgehead atoms. The first-order valence-corrected chi connectivity index (χ1v) is 9.31. The van der Waals surface area contributed by atoms with Gasteiger partial charge in [0, 0.05) is 12.1 Å². The topological polar surface area (TPSA) is 66.9 Å². The molecule has 0 radical (unpaired) electrons. The number of rotatable bonds is 4. The van der Waals surface area contributed by atoms with Gasteiger partial charge in [-0.2, -0.15) is 0 Å². The number of aromatic amines is 1. The summed E-state index contributed by atoms with van der Waals surface area (Å²) in [6, 6.07) is 19.8. The summed E-state index contributed by atoms with van der Waals surface area (Å²) in [6.07, 6.45) is 0. The average Bonchev–Trinajstić information content (AvgIpc) is 2.73.